The zero-order chi connectivity index (χ0) is 15.1. The van der Waals surface area contributed by atoms with Gasteiger partial charge in [-0.2, -0.15) is 26.7 Å². The maximum atomic E-state index is 4.43. The van der Waals surface area contributed by atoms with Crippen LogP contribution < -0.4 is 10.6 Å². The predicted octanol–water partition coefficient (Wildman–Crippen LogP) is 2.04. The van der Waals surface area contributed by atoms with E-state index in [0.29, 0.717) is 23.1 Å². The van der Waals surface area contributed by atoms with Crippen LogP contribution in [0.1, 0.15) is 20.3 Å². The SMILES string of the molecule is CCCNc1nc(NCC(C)SC)nc(-n2ccnc2)n1. The van der Waals surface area contributed by atoms with Crippen molar-refractivity contribution < 1.29 is 0 Å². The van der Waals surface area contributed by atoms with E-state index >= 15 is 0 Å². The van der Waals surface area contributed by atoms with E-state index in [9.17, 15) is 0 Å². The Labute approximate surface area is 129 Å². The molecular weight excluding hydrogens is 286 g/mol. The third-order valence-corrected chi connectivity index (χ3v) is 3.81. The summed E-state index contributed by atoms with van der Waals surface area (Å²) in [5.41, 5.74) is 0. The molecule has 7 nitrogen and oxygen atoms in total. The third kappa shape index (κ3) is 4.59. The van der Waals surface area contributed by atoms with Gasteiger partial charge in [0, 0.05) is 30.7 Å². The van der Waals surface area contributed by atoms with Crippen molar-refractivity contribution in [3.8, 4) is 5.95 Å². The number of nitrogens with zero attached hydrogens (tertiary/aromatic N) is 5. The van der Waals surface area contributed by atoms with Crippen molar-refractivity contribution in [1.29, 1.82) is 0 Å². The van der Waals surface area contributed by atoms with Crippen LogP contribution in [0.4, 0.5) is 11.9 Å². The summed E-state index contributed by atoms with van der Waals surface area (Å²) in [4.78, 5) is 17.3. The van der Waals surface area contributed by atoms with Crippen molar-refractivity contribution in [1.82, 2.24) is 24.5 Å². The zero-order valence-corrected chi connectivity index (χ0v) is 13.4. The van der Waals surface area contributed by atoms with Crippen LogP contribution in [-0.4, -0.2) is 49.1 Å². The monoisotopic (exact) mass is 307 g/mol. The Hall–Kier alpha value is -1.83. The standard InChI is InChI=1S/C13H21N7S/c1-4-5-15-11-17-12(16-8-10(2)21-3)19-13(18-11)20-7-6-14-9-20/h6-7,9-10H,4-5,8H2,1-3H3,(H2,15,16,17,18,19). The van der Waals surface area contributed by atoms with Gasteiger partial charge in [-0.05, 0) is 12.7 Å². The number of anilines is 2. The summed E-state index contributed by atoms with van der Waals surface area (Å²) in [6.07, 6.45) is 8.29. The molecule has 2 N–H and O–H groups in total. The van der Waals surface area contributed by atoms with Crippen molar-refractivity contribution in [3.05, 3.63) is 18.7 Å². The Kier molecular flexibility index (Phi) is 5.79. The molecule has 0 aliphatic carbocycles. The van der Waals surface area contributed by atoms with Gasteiger partial charge in [-0.3, -0.25) is 4.57 Å². The van der Waals surface area contributed by atoms with Crippen LogP contribution in [0.25, 0.3) is 5.95 Å². The van der Waals surface area contributed by atoms with Crippen LogP contribution in [0, 0.1) is 0 Å². The quantitative estimate of drug-likeness (QED) is 0.772. The van der Waals surface area contributed by atoms with Gasteiger partial charge < -0.3 is 10.6 Å². The molecule has 114 valence electrons. The number of rotatable bonds is 8. The summed E-state index contributed by atoms with van der Waals surface area (Å²) in [7, 11) is 0. The number of aromatic nitrogens is 5. The second-order valence-electron chi connectivity index (χ2n) is 4.61. The molecule has 8 heteroatoms. The highest BCUT2D eigenvalue weighted by Gasteiger charge is 2.08. The average Bonchev–Trinajstić information content (AvgIpc) is 3.04. The van der Waals surface area contributed by atoms with Gasteiger partial charge in [-0.1, -0.05) is 13.8 Å². The van der Waals surface area contributed by atoms with E-state index < -0.39 is 0 Å². The normalized spacial score (nSPS) is 12.1. The second-order valence-corrected chi connectivity index (χ2v) is 5.88. The molecule has 0 saturated carbocycles. The molecule has 1 atom stereocenters. The molecular formula is C13H21N7S. The van der Waals surface area contributed by atoms with Gasteiger partial charge in [-0.25, -0.2) is 4.98 Å². The Bertz CT molecular complexity index is 543. The minimum Gasteiger partial charge on any atom is -0.354 e. The predicted molar refractivity (Wildman–Crippen MR) is 87.2 cm³/mol. The minimum atomic E-state index is 0.491. The van der Waals surface area contributed by atoms with Crippen LogP contribution in [-0.2, 0) is 0 Å². The van der Waals surface area contributed by atoms with Crippen LogP contribution in [0.15, 0.2) is 18.7 Å². The molecule has 21 heavy (non-hydrogen) atoms. The van der Waals surface area contributed by atoms with E-state index in [1.807, 2.05) is 6.20 Å². The Balaban J connectivity index is 2.20. The molecule has 1 unspecified atom stereocenters. The van der Waals surface area contributed by atoms with Gasteiger partial charge >= 0.3 is 0 Å². The summed E-state index contributed by atoms with van der Waals surface area (Å²) >= 11 is 1.80. The van der Waals surface area contributed by atoms with Gasteiger partial charge in [0.05, 0.1) is 0 Å². The van der Waals surface area contributed by atoms with Crippen LogP contribution in [0.2, 0.25) is 0 Å². The Morgan fingerprint density at radius 1 is 1.24 bits per heavy atom. The molecule has 0 aliphatic heterocycles. The lowest BCUT2D eigenvalue weighted by Crippen LogP contribution is -2.17. The maximum Gasteiger partial charge on any atom is 0.241 e. The summed E-state index contributed by atoms with van der Waals surface area (Å²) < 4.78 is 1.77. The number of hydrogen-bond acceptors (Lipinski definition) is 7. The first-order chi connectivity index (χ1) is 10.2. The Morgan fingerprint density at radius 2 is 2.00 bits per heavy atom. The fraction of sp³-hybridized carbons (Fsp3) is 0.538. The first-order valence-electron chi connectivity index (χ1n) is 6.98. The lowest BCUT2D eigenvalue weighted by molar-refractivity contribution is 0.870. The molecule has 0 spiro atoms. The zero-order valence-electron chi connectivity index (χ0n) is 12.6. The highest BCUT2D eigenvalue weighted by molar-refractivity contribution is 7.99. The Morgan fingerprint density at radius 3 is 2.62 bits per heavy atom. The van der Waals surface area contributed by atoms with Crippen molar-refractivity contribution in [2.24, 2.45) is 0 Å². The van der Waals surface area contributed by atoms with E-state index in [0.717, 1.165) is 19.5 Å². The van der Waals surface area contributed by atoms with Crippen LogP contribution >= 0.6 is 11.8 Å². The number of thioether (sulfide) groups is 1. The van der Waals surface area contributed by atoms with Gasteiger partial charge in [-0.15, -0.1) is 0 Å². The molecule has 0 aliphatic rings. The summed E-state index contributed by atoms with van der Waals surface area (Å²) in [6.45, 7) is 5.89. The molecule has 0 radical (unpaired) electrons. The van der Waals surface area contributed by atoms with E-state index in [2.05, 4.69) is 50.7 Å². The lowest BCUT2D eigenvalue weighted by atomic mass is 10.5. The van der Waals surface area contributed by atoms with Crippen molar-refractivity contribution in [2.45, 2.75) is 25.5 Å². The highest BCUT2D eigenvalue weighted by Crippen LogP contribution is 2.11. The van der Waals surface area contributed by atoms with Gasteiger partial charge in [0.2, 0.25) is 17.8 Å². The first-order valence-corrected chi connectivity index (χ1v) is 8.26. The van der Waals surface area contributed by atoms with E-state index in [1.165, 1.54) is 0 Å². The van der Waals surface area contributed by atoms with E-state index in [1.54, 1.807) is 28.9 Å². The second kappa shape index (κ2) is 7.82. The molecule has 0 bridgehead atoms. The molecule has 0 saturated heterocycles. The smallest absolute Gasteiger partial charge is 0.241 e. The molecule has 2 heterocycles. The largest absolute Gasteiger partial charge is 0.354 e. The van der Waals surface area contributed by atoms with Crippen LogP contribution in [0.3, 0.4) is 0 Å². The maximum absolute atomic E-state index is 4.43. The first kappa shape index (κ1) is 15.6. The molecule has 0 amide bonds. The molecule has 0 aromatic carbocycles. The van der Waals surface area contributed by atoms with Crippen molar-refractivity contribution in [3.63, 3.8) is 0 Å². The summed E-state index contributed by atoms with van der Waals surface area (Å²) in [6, 6.07) is 0. The molecule has 2 rings (SSSR count). The summed E-state index contributed by atoms with van der Waals surface area (Å²) in [5, 5.41) is 6.95. The van der Waals surface area contributed by atoms with Crippen molar-refractivity contribution >= 4 is 23.7 Å². The molecule has 2 aromatic heterocycles. The van der Waals surface area contributed by atoms with E-state index in [-0.39, 0.29) is 0 Å². The molecule has 2 aromatic rings. The highest BCUT2D eigenvalue weighted by atomic mass is 32.2. The fourth-order valence-corrected chi connectivity index (χ4v) is 1.82. The molecule has 0 fully saturated rings. The van der Waals surface area contributed by atoms with Gasteiger partial charge in [0.25, 0.3) is 0 Å². The van der Waals surface area contributed by atoms with Crippen LogP contribution in [0.5, 0.6) is 0 Å². The minimum absolute atomic E-state index is 0.491. The van der Waals surface area contributed by atoms with Gasteiger partial charge in [0.15, 0.2) is 0 Å². The third-order valence-electron chi connectivity index (χ3n) is 2.84. The average molecular weight is 307 g/mol. The van der Waals surface area contributed by atoms with Gasteiger partial charge in [0.1, 0.15) is 6.33 Å². The van der Waals surface area contributed by atoms with E-state index in [4.69, 9.17) is 0 Å². The van der Waals surface area contributed by atoms with Crippen molar-refractivity contribution in [2.75, 3.05) is 30.0 Å². The number of imidazole rings is 1. The number of hydrogen-bond donors (Lipinski definition) is 2. The fourth-order valence-electron chi connectivity index (χ4n) is 1.57. The lowest BCUT2D eigenvalue weighted by Gasteiger charge is -2.12. The summed E-state index contributed by atoms with van der Waals surface area (Å²) in [5.74, 6) is 1.71. The topological polar surface area (TPSA) is 80.5 Å². The number of nitrogens with one attached hydrogen (secondary N) is 2.